The Morgan fingerprint density at radius 2 is 2.00 bits per heavy atom. The molecule has 10 heavy (non-hydrogen) atoms. The van der Waals surface area contributed by atoms with Gasteiger partial charge < -0.3 is 0 Å². The van der Waals surface area contributed by atoms with Gasteiger partial charge in [-0.25, -0.2) is 8.78 Å². The summed E-state index contributed by atoms with van der Waals surface area (Å²) in [5, 5.41) is 0. The van der Waals surface area contributed by atoms with E-state index in [9.17, 15) is 8.78 Å². The van der Waals surface area contributed by atoms with E-state index >= 15 is 0 Å². The van der Waals surface area contributed by atoms with Gasteiger partial charge >= 0.3 is 0 Å². The summed E-state index contributed by atoms with van der Waals surface area (Å²) in [4.78, 5) is 0. The van der Waals surface area contributed by atoms with E-state index < -0.39 is 11.6 Å². The van der Waals surface area contributed by atoms with Crippen LogP contribution < -0.4 is 0 Å². The summed E-state index contributed by atoms with van der Waals surface area (Å²) in [6.07, 6.45) is 2.27. The molecule has 1 radical (unpaired) electrons. The van der Waals surface area contributed by atoms with Crippen LogP contribution in [0.15, 0.2) is 24.8 Å². The Balaban J connectivity index is 3.21. The lowest BCUT2D eigenvalue weighted by molar-refractivity contribution is 0.595. The van der Waals surface area contributed by atoms with Crippen molar-refractivity contribution in [1.29, 1.82) is 0 Å². The van der Waals surface area contributed by atoms with Crippen molar-refractivity contribution >= 4 is 0 Å². The number of hydrogen-bond acceptors (Lipinski definition) is 0. The highest BCUT2D eigenvalue weighted by molar-refractivity contribution is 5.23. The third kappa shape index (κ3) is 1.21. The zero-order chi connectivity index (χ0) is 7.56. The lowest BCUT2D eigenvalue weighted by Gasteiger charge is -1.93. The largest absolute Gasteiger partial charge is 0.207 e. The summed E-state index contributed by atoms with van der Waals surface area (Å²) in [6, 6.07) is 3.14. The predicted molar refractivity (Wildman–Crippen MR) is 34.3 cm³/mol. The highest BCUT2D eigenvalue weighted by Gasteiger charge is 1.98. The highest BCUT2D eigenvalue weighted by atomic mass is 19.1. The van der Waals surface area contributed by atoms with E-state index in [0.29, 0.717) is 0 Å². The predicted octanol–water partition coefficient (Wildman–Crippen LogP) is 2.30. The van der Waals surface area contributed by atoms with Crippen LogP contribution in [0.4, 0.5) is 8.78 Å². The van der Waals surface area contributed by atoms with Crippen LogP contribution >= 0.6 is 0 Å². The quantitative estimate of drug-likeness (QED) is 0.560. The molecule has 0 fully saturated rings. The highest BCUT2D eigenvalue weighted by Crippen LogP contribution is 2.08. The van der Waals surface area contributed by atoms with Gasteiger partial charge in [0, 0.05) is 5.56 Å². The zero-order valence-electron chi connectivity index (χ0n) is 5.20. The second kappa shape index (κ2) is 2.60. The normalized spacial score (nSPS) is 9.40. The van der Waals surface area contributed by atoms with Crippen LogP contribution in [0.2, 0.25) is 0 Å². The molecule has 2 heteroatoms. The van der Waals surface area contributed by atoms with E-state index in [1.54, 1.807) is 0 Å². The van der Waals surface area contributed by atoms with Gasteiger partial charge in [0.25, 0.3) is 0 Å². The molecule has 0 aliphatic rings. The first-order valence-corrected chi connectivity index (χ1v) is 2.72. The van der Waals surface area contributed by atoms with Crippen LogP contribution in [0.5, 0.6) is 0 Å². The molecule has 0 spiro atoms. The van der Waals surface area contributed by atoms with Crippen LogP contribution in [0.25, 0.3) is 0 Å². The summed E-state index contributed by atoms with van der Waals surface area (Å²) in [5.41, 5.74) is 0.0694. The van der Waals surface area contributed by atoms with Crippen LogP contribution in [-0.2, 0) is 0 Å². The Bertz CT molecular complexity index is 253. The van der Waals surface area contributed by atoms with Crippen molar-refractivity contribution in [3.05, 3.63) is 48.1 Å². The van der Waals surface area contributed by atoms with E-state index in [4.69, 9.17) is 0 Å². The fourth-order valence-corrected chi connectivity index (χ4v) is 0.633. The number of rotatable bonds is 1. The number of benzene rings is 1. The molecule has 0 heterocycles. The summed E-state index contributed by atoms with van der Waals surface area (Å²) >= 11 is 0. The molecule has 0 bridgehead atoms. The van der Waals surface area contributed by atoms with Crippen molar-refractivity contribution in [2.24, 2.45) is 0 Å². The molecule has 0 saturated carbocycles. The van der Waals surface area contributed by atoms with Crippen LogP contribution in [0.1, 0.15) is 5.56 Å². The average molecular weight is 139 g/mol. The number of halogens is 2. The van der Waals surface area contributed by atoms with Crippen molar-refractivity contribution in [1.82, 2.24) is 0 Å². The van der Waals surface area contributed by atoms with Gasteiger partial charge in [-0.15, -0.1) is 0 Å². The minimum atomic E-state index is -0.503. The van der Waals surface area contributed by atoms with Gasteiger partial charge in [-0.2, -0.15) is 0 Å². The minimum absolute atomic E-state index is 0.0694. The second-order valence-electron chi connectivity index (χ2n) is 1.80. The molecule has 0 atom stereocenters. The van der Waals surface area contributed by atoms with Gasteiger partial charge in [0.2, 0.25) is 0 Å². The number of hydrogen-bond donors (Lipinski definition) is 0. The van der Waals surface area contributed by atoms with Gasteiger partial charge in [-0.3, -0.25) is 0 Å². The summed E-state index contributed by atoms with van der Waals surface area (Å²) in [6.45, 7) is 3.20. The Labute approximate surface area is 57.8 Å². The molecule has 0 N–H and O–H groups in total. The first-order chi connectivity index (χ1) is 4.74. The van der Waals surface area contributed by atoms with Crippen molar-refractivity contribution in [2.45, 2.75) is 0 Å². The maximum absolute atomic E-state index is 12.5. The lowest BCUT2D eigenvalue weighted by atomic mass is 10.2. The maximum Gasteiger partial charge on any atom is 0.131 e. The molecule has 1 aromatic rings. The summed E-state index contributed by atoms with van der Waals surface area (Å²) in [5.74, 6) is -0.982. The third-order valence-corrected chi connectivity index (χ3v) is 1.12. The fourth-order valence-electron chi connectivity index (χ4n) is 0.633. The van der Waals surface area contributed by atoms with Gasteiger partial charge in [-0.05, 0) is 24.3 Å². The van der Waals surface area contributed by atoms with Crippen molar-refractivity contribution in [2.75, 3.05) is 0 Å². The summed E-state index contributed by atoms with van der Waals surface area (Å²) in [7, 11) is 0. The van der Waals surface area contributed by atoms with E-state index in [1.165, 1.54) is 0 Å². The fraction of sp³-hybridized carbons (Fsp3) is 0. The first kappa shape index (κ1) is 6.93. The molecule has 0 amide bonds. The van der Waals surface area contributed by atoms with Crippen molar-refractivity contribution < 1.29 is 8.78 Å². The third-order valence-electron chi connectivity index (χ3n) is 1.12. The Morgan fingerprint density at radius 1 is 1.30 bits per heavy atom. The lowest BCUT2D eigenvalue weighted by Crippen LogP contribution is -1.83. The molecule has 0 aromatic heterocycles. The van der Waals surface area contributed by atoms with Crippen LogP contribution in [-0.4, -0.2) is 0 Å². The second-order valence-corrected chi connectivity index (χ2v) is 1.80. The topological polar surface area (TPSA) is 0 Å². The van der Waals surface area contributed by atoms with Gasteiger partial charge in [0.1, 0.15) is 11.6 Å². The molecular weight excluding hydrogens is 134 g/mol. The molecule has 51 valence electrons. The molecule has 0 aliphatic heterocycles. The monoisotopic (exact) mass is 139 g/mol. The minimum Gasteiger partial charge on any atom is -0.207 e. The van der Waals surface area contributed by atoms with Crippen LogP contribution in [0, 0.1) is 17.7 Å². The van der Waals surface area contributed by atoms with Crippen molar-refractivity contribution in [3.63, 3.8) is 0 Å². The molecule has 0 aliphatic carbocycles. The average Bonchev–Trinajstić information content (AvgIpc) is 1.94. The molecule has 1 rings (SSSR count). The Morgan fingerprint density at radius 3 is 2.50 bits per heavy atom. The zero-order valence-corrected chi connectivity index (χ0v) is 5.20. The summed E-state index contributed by atoms with van der Waals surface area (Å²) < 4.78 is 24.8. The van der Waals surface area contributed by atoms with Crippen molar-refractivity contribution in [3.8, 4) is 0 Å². The van der Waals surface area contributed by atoms with E-state index in [-0.39, 0.29) is 5.56 Å². The molecule has 0 saturated heterocycles. The van der Waals surface area contributed by atoms with E-state index in [1.807, 2.05) is 0 Å². The Hall–Kier alpha value is -1.18. The van der Waals surface area contributed by atoms with E-state index in [0.717, 1.165) is 18.2 Å². The van der Waals surface area contributed by atoms with Gasteiger partial charge in [-0.1, -0.05) is 6.58 Å². The van der Waals surface area contributed by atoms with Crippen LogP contribution in [0.3, 0.4) is 0 Å². The van der Waals surface area contributed by atoms with Gasteiger partial charge in [0.05, 0.1) is 0 Å². The standard InChI is InChI=1S/C8H5F2/c1-2-6-5-7(9)3-4-8(6)10/h3-5H,1H2. The molecule has 0 unspecified atom stereocenters. The smallest absolute Gasteiger partial charge is 0.131 e. The molecule has 0 nitrogen and oxygen atoms in total. The van der Waals surface area contributed by atoms with Gasteiger partial charge in [0.15, 0.2) is 0 Å². The Kier molecular flexibility index (Phi) is 1.81. The van der Waals surface area contributed by atoms with E-state index in [2.05, 4.69) is 12.7 Å². The maximum atomic E-state index is 12.5. The molecule has 1 aromatic carbocycles. The SMILES string of the molecule is C=[C]c1cc(F)ccc1F. The first-order valence-electron chi connectivity index (χ1n) is 2.72. The molecular formula is C8H5F2.